The summed E-state index contributed by atoms with van der Waals surface area (Å²) >= 11 is 0. The topological polar surface area (TPSA) is 93.4 Å². The SMILES string of the molecule is C=CCOC(=O)C1CNCCN1c1ccc(-c2cc(-c3ccccc3)nc(N)n2)cc1. The zero-order valence-corrected chi connectivity index (χ0v) is 17.2. The maximum Gasteiger partial charge on any atom is 0.330 e. The van der Waals surface area contributed by atoms with E-state index in [1.165, 1.54) is 0 Å². The normalized spacial score (nSPS) is 16.0. The van der Waals surface area contributed by atoms with Crippen molar-refractivity contribution in [2.45, 2.75) is 6.04 Å². The first kappa shape index (κ1) is 20.6. The Labute approximate surface area is 181 Å². The van der Waals surface area contributed by atoms with Gasteiger partial charge in [-0.2, -0.15) is 0 Å². The molecule has 2 heterocycles. The number of piperazine rings is 1. The Balaban J connectivity index is 1.59. The monoisotopic (exact) mass is 415 g/mol. The van der Waals surface area contributed by atoms with Crippen LogP contribution >= 0.6 is 0 Å². The quantitative estimate of drug-likeness (QED) is 0.472. The van der Waals surface area contributed by atoms with E-state index in [0.717, 1.165) is 34.7 Å². The highest BCUT2D eigenvalue weighted by molar-refractivity contribution is 5.81. The van der Waals surface area contributed by atoms with Gasteiger partial charge in [0.1, 0.15) is 12.6 Å². The number of carbonyl (C=O) groups excluding carboxylic acids is 1. The molecule has 0 radical (unpaired) electrons. The summed E-state index contributed by atoms with van der Waals surface area (Å²) in [4.78, 5) is 23.3. The number of nitrogens with two attached hydrogens (primary N) is 1. The smallest absolute Gasteiger partial charge is 0.330 e. The summed E-state index contributed by atoms with van der Waals surface area (Å²) in [5.41, 5.74) is 10.4. The molecule has 158 valence electrons. The number of carbonyl (C=O) groups is 1. The van der Waals surface area contributed by atoms with Crippen LogP contribution in [-0.4, -0.2) is 48.2 Å². The van der Waals surface area contributed by atoms with Crippen molar-refractivity contribution < 1.29 is 9.53 Å². The number of hydrogen-bond donors (Lipinski definition) is 2. The Morgan fingerprint density at radius 2 is 1.81 bits per heavy atom. The van der Waals surface area contributed by atoms with Crippen LogP contribution < -0.4 is 16.0 Å². The highest BCUT2D eigenvalue weighted by atomic mass is 16.5. The van der Waals surface area contributed by atoms with Crippen LogP contribution in [0.15, 0.2) is 73.3 Å². The van der Waals surface area contributed by atoms with Crippen molar-refractivity contribution in [1.29, 1.82) is 0 Å². The minimum Gasteiger partial charge on any atom is -0.460 e. The third kappa shape index (κ3) is 4.73. The van der Waals surface area contributed by atoms with Crippen LogP contribution in [0.25, 0.3) is 22.5 Å². The number of rotatable bonds is 6. The van der Waals surface area contributed by atoms with Gasteiger partial charge in [-0.15, -0.1) is 0 Å². The van der Waals surface area contributed by atoms with Crippen LogP contribution in [0.3, 0.4) is 0 Å². The van der Waals surface area contributed by atoms with E-state index in [4.69, 9.17) is 10.5 Å². The van der Waals surface area contributed by atoms with Crippen molar-refractivity contribution in [2.24, 2.45) is 0 Å². The van der Waals surface area contributed by atoms with Gasteiger partial charge >= 0.3 is 5.97 Å². The molecule has 1 unspecified atom stereocenters. The molecule has 1 aromatic heterocycles. The van der Waals surface area contributed by atoms with E-state index in [1.54, 1.807) is 6.08 Å². The predicted molar refractivity (Wildman–Crippen MR) is 122 cm³/mol. The van der Waals surface area contributed by atoms with Gasteiger partial charge in [0.2, 0.25) is 5.95 Å². The highest BCUT2D eigenvalue weighted by Crippen LogP contribution is 2.27. The number of esters is 1. The molecule has 0 aliphatic carbocycles. The van der Waals surface area contributed by atoms with Gasteiger partial charge in [-0.3, -0.25) is 0 Å². The van der Waals surface area contributed by atoms with Gasteiger partial charge in [-0.05, 0) is 18.2 Å². The molecule has 0 saturated carbocycles. The van der Waals surface area contributed by atoms with E-state index in [1.807, 2.05) is 60.7 Å². The van der Waals surface area contributed by atoms with Crippen LogP contribution in [0.4, 0.5) is 11.6 Å². The average Bonchev–Trinajstić information content (AvgIpc) is 2.83. The number of nitrogen functional groups attached to an aromatic ring is 1. The van der Waals surface area contributed by atoms with Crippen LogP contribution in [0.5, 0.6) is 0 Å². The summed E-state index contributed by atoms with van der Waals surface area (Å²) < 4.78 is 5.27. The van der Waals surface area contributed by atoms with Crippen molar-refractivity contribution in [1.82, 2.24) is 15.3 Å². The summed E-state index contributed by atoms with van der Waals surface area (Å²) in [7, 11) is 0. The lowest BCUT2D eigenvalue weighted by atomic mass is 10.1. The number of hydrogen-bond acceptors (Lipinski definition) is 7. The molecule has 3 aromatic rings. The number of anilines is 2. The lowest BCUT2D eigenvalue weighted by molar-refractivity contribution is -0.144. The van der Waals surface area contributed by atoms with Crippen molar-refractivity contribution >= 4 is 17.6 Å². The van der Waals surface area contributed by atoms with Crippen molar-refractivity contribution in [2.75, 3.05) is 36.9 Å². The van der Waals surface area contributed by atoms with Crippen molar-refractivity contribution in [3.8, 4) is 22.5 Å². The van der Waals surface area contributed by atoms with E-state index in [2.05, 4.69) is 26.8 Å². The van der Waals surface area contributed by atoms with Gasteiger partial charge in [0.25, 0.3) is 0 Å². The van der Waals surface area contributed by atoms with Gasteiger partial charge in [0.15, 0.2) is 0 Å². The van der Waals surface area contributed by atoms with E-state index in [9.17, 15) is 4.79 Å². The number of benzene rings is 2. The first-order chi connectivity index (χ1) is 15.2. The molecule has 7 heteroatoms. The minimum atomic E-state index is -0.376. The fraction of sp³-hybridized carbons (Fsp3) is 0.208. The molecule has 1 atom stereocenters. The molecule has 4 rings (SSSR count). The van der Waals surface area contributed by atoms with Crippen molar-refractivity contribution in [3.63, 3.8) is 0 Å². The number of ether oxygens (including phenoxy) is 1. The van der Waals surface area contributed by atoms with Crippen LogP contribution in [-0.2, 0) is 9.53 Å². The van der Waals surface area contributed by atoms with Crippen LogP contribution in [0.1, 0.15) is 0 Å². The van der Waals surface area contributed by atoms with Crippen LogP contribution in [0, 0.1) is 0 Å². The van der Waals surface area contributed by atoms with E-state index < -0.39 is 0 Å². The molecular formula is C24H25N5O2. The number of aromatic nitrogens is 2. The first-order valence-corrected chi connectivity index (χ1v) is 10.2. The fourth-order valence-corrected chi connectivity index (χ4v) is 3.66. The molecule has 31 heavy (non-hydrogen) atoms. The molecule has 2 aromatic carbocycles. The maximum atomic E-state index is 12.5. The number of nitrogens with zero attached hydrogens (tertiary/aromatic N) is 3. The molecular weight excluding hydrogens is 390 g/mol. The molecule has 0 bridgehead atoms. The summed E-state index contributed by atoms with van der Waals surface area (Å²) in [6.45, 7) is 5.87. The largest absolute Gasteiger partial charge is 0.460 e. The second kappa shape index (κ2) is 9.40. The lowest BCUT2D eigenvalue weighted by Crippen LogP contribution is -2.55. The third-order valence-corrected chi connectivity index (χ3v) is 5.17. The van der Waals surface area contributed by atoms with Gasteiger partial charge < -0.3 is 20.7 Å². The summed E-state index contributed by atoms with van der Waals surface area (Å²) in [5, 5.41) is 3.26. The standard InChI is InChI=1S/C24H25N5O2/c1-2-14-31-23(30)22-16-26-12-13-29(22)19-10-8-18(9-11-19)21-15-20(27-24(25)28-21)17-6-4-3-5-7-17/h2-11,15,22,26H,1,12-14,16H2,(H2,25,27,28). The Kier molecular flexibility index (Phi) is 6.24. The summed E-state index contributed by atoms with van der Waals surface area (Å²) in [5.74, 6) is -0.0279. The lowest BCUT2D eigenvalue weighted by Gasteiger charge is -2.36. The molecule has 3 N–H and O–H groups in total. The van der Waals surface area contributed by atoms with Gasteiger partial charge in [-0.25, -0.2) is 14.8 Å². The minimum absolute atomic E-state index is 0.209. The summed E-state index contributed by atoms with van der Waals surface area (Å²) in [6, 6.07) is 19.4. The predicted octanol–water partition coefficient (Wildman–Crippen LogP) is 2.90. The van der Waals surface area contributed by atoms with Gasteiger partial charge in [0.05, 0.1) is 11.4 Å². The Morgan fingerprint density at radius 1 is 1.13 bits per heavy atom. The zero-order chi connectivity index (χ0) is 21.6. The van der Waals surface area contributed by atoms with E-state index in [-0.39, 0.29) is 24.6 Å². The van der Waals surface area contributed by atoms with Crippen LogP contribution in [0.2, 0.25) is 0 Å². The molecule has 0 spiro atoms. The molecule has 1 aliphatic heterocycles. The van der Waals surface area contributed by atoms with Gasteiger partial charge in [-0.1, -0.05) is 55.1 Å². The fourth-order valence-electron chi connectivity index (χ4n) is 3.66. The molecule has 0 amide bonds. The second-order valence-electron chi connectivity index (χ2n) is 7.24. The molecule has 1 fully saturated rings. The number of nitrogens with one attached hydrogen (secondary N) is 1. The first-order valence-electron chi connectivity index (χ1n) is 10.2. The van der Waals surface area contributed by atoms with E-state index >= 15 is 0 Å². The third-order valence-electron chi connectivity index (χ3n) is 5.17. The average molecular weight is 415 g/mol. The van der Waals surface area contributed by atoms with Crippen molar-refractivity contribution in [3.05, 3.63) is 73.3 Å². The molecule has 7 nitrogen and oxygen atoms in total. The highest BCUT2D eigenvalue weighted by Gasteiger charge is 2.30. The summed E-state index contributed by atoms with van der Waals surface area (Å²) in [6.07, 6.45) is 1.57. The Hall–Kier alpha value is -3.71. The van der Waals surface area contributed by atoms with E-state index in [0.29, 0.717) is 13.1 Å². The molecule has 1 saturated heterocycles. The second-order valence-corrected chi connectivity index (χ2v) is 7.24. The zero-order valence-electron chi connectivity index (χ0n) is 17.2. The Morgan fingerprint density at radius 3 is 2.48 bits per heavy atom. The Bertz CT molecular complexity index is 1050. The maximum absolute atomic E-state index is 12.5. The van der Waals surface area contributed by atoms with Gasteiger partial charge in [0, 0.05) is 36.4 Å². The molecule has 1 aliphatic rings.